The van der Waals surface area contributed by atoms with Gasteiger partial charge in [-0.1, -0.05) is 30.9 Å². The zero-order valence-corrected chi connectivity index (χ0v) is 11.8. The lowest BCUT2D eigenvalue weighted by atomic mass is 10.2. The van der Waals surface area contributed by atoms with Gasteiger partial charge in [0.15, 0.2) is 0 Å². The molecule has 4 heteroatoms. The summed E-state index contributed by atoms with van der Waals surface area (Å²) < 4.78 is 16.8. The zero-order valence-electron chi connectivity index (χ0n) is 11.0. The molecule has 0 aliphatic heterocycles. The van der Waals surface area contributed by atoms with E-state index in [1.54, 1.807) is 12.3 Å². The first-order valence-electron chi connectivity index (χ1n) is 5.99. The molecule has 3 nitrogen and oxygen atoms in total. The minimum atomic E-state index is -0.785. The van der Waals surface area contributed by atoms with Crippen LogP contribution in [0.15, 0.2) is 36.9 Å². The van der Waals surface area contributed by atoms with E-state index in [0.717, 1.165) is 24.4 Å². The summed E-state index contributed by atoms with van der Waals surface area (Å²) in [6, 6.07) is 7.91. The highest BCUT2D eigenvalue weighted by atomic mass is 32.2. The predicted molar refractivity (Wildman–Crippen MR) is 77.4 cm³/mol. The number of rotatable bonds is 8. The van der Waals surface area contributed by atoms with Crippen LogP contribution in [0.3, 0.4) is 0 Å². The molecule has 1 aromatic rings. The second kappa shape index (κ2) is 8.06. The van der Waals surface area contributed by atoms with Crippen LogP contribution in [-0.4, -0.2) is 28.9 Å². The lowest BCUT2D eigenvalue weighted by Gasteiger charge is -2.13. The average molecular weight is 267 g/mol. The second-order valence-corrected chi connectivity index (χ2v) is 5.95. The average Bonchev–Trinajstić information content (AvgIpc) is 2.37. The largest absolute Gasteiger partial charge is 0.489 e. The summed E-state index contributed by atoms with van der Waals surface area (Å²) in [7, 11) is -0.785. The molecular formula is C14H21NO2S. The molecule has 0 fully saturated rings. The van der Waals surface area contributed by atoms with Gasteiger partial charge in [-0.3, -0.25) is 4.21 Å². The lowest BCUT2D eigenvalue weighted by Crippen LogP contribution is -2.27. The standard InChI is InChI=1S/C14H21NO2S/c1-4-9-17-14-8-6-5-7-13(14)11-15-10-12(2)18(3)16/h4-8,12,15H,1,9-11H2,2-3H3. The molecule has 2 atom stereocenters. The summed E-state index contributed by atoms with van der Waals surface area (Å²) in [5, 5.41) is 3.46. The van der Waals surface area contributed by atoms with Crippen molar-refractivity contribution in [3.63, 3.8) is 0 Å². The Labute approximate surface area is 112 Å². The molecule has 1 aromatic carbocycles. The van der Waals surface area contributed by atoms with Crippen molar-refractivity contribution in [1.29, 1.82) is 0 Å². The van der Waals surface area contributed by atoms with Crippen molar-refractivity contribution in [2.75, 3.05) is 19.4 Å². The third-order valence-electron chi connectivity index (χ3n) is 2.64. The molecule has 1 N–H and O–H groups in total. The number of hydrogen-bond acceptors (Lipinski definition) is 3. The van der Waals surface area contributed by atoms with Crippen LogP contribution in [0.1, 0.15) is 12.5 Å². The Bertz CT molecular complexity index is 407. The fraction of sp³-hybridized carbons (Fsp3) is 0.429. The Balaban J connectivity index is 2.50. The monoisotopic (exact) mass is 267 g/mol. The Morgan fingerprint density at radius 2 is 2.22 bits per heavy atom. The third-order valence-corrected chi connectivity index (χ3v) is 3.94. The van der Waals surface area contributed by atoms with Gasteiger partial charge >= 0.3 is 0 Å². The van der Waals surface area contributed by atoms with E-state index in [9.17, 15) is 4.21 Å². The van der Waals surface area contributed by atoms with Gasteiger partial charge < -0.3 is 10.1 Å². The van der Waals surface area contributed by atoms with Crippen LogP contribution >= 0.6 is 0 Å². The highest BCUT2D eigenvalue weighted by Crippen LogP contribution is 2.17. The summed E-state index contributed by atoms with van der Waals surface area (Å²) in [5.74, 6) is 0.871. The molecule has 0 radical (unpaired) electrons. The molecule has 0 saturated carbocycles. The molecule has 100 valence electrons. The van der Waals surface area contributed by atoms with Gasteiger partial charge in [-0.2, -0.15) is 0 Å². The number of para-hydroxylation sites is 1. The maximum absolute atomic E-state index is 11.2. The SMILES string of the molecule is C=CCOc1ccccc1CNCC(C)S(C)=O. The normalized spacial score (nSPS) is 13.9. The Morgan fingerprint density at radius 1 is 1.50 bits per heavy atom. The molecule has 0 aliphatic rings. The van der Waals surface area contributed by atoms with E-state index in [1.165, 1.54) is 0 Å². The van der Waals surface area contributed by atoms with E-state index in [2.05, 4.69) is 11.9 Å². The van der Waals surface area contributed by atoms with Crippen LogP contribution in [0, 0.1) is 0 Å². The van der Waals surface area contributed by atoms with E-state index < -0.39 is 10.8 Å². The Morgan fingerprint density at radius 3 is 2.89 bits per heavy atom. The second-order valence-electron chi connectivity index (χ2n) is 4.15. The number of hydrogen-bond donors (Lipinski definition) is 1. The van der Waals surface area contributed by atoms with Crippen LogP contribution < -0.4 is 10.1 Å². The maximum Gasteiger partial charge on any atom is 0.124 e. The van der Waals surface area contributed by atoms with Crippen LogP contribution in [0.5, 0.6) is 5.75 Å². The molecule has 0 saturated heterocycles. The molecule has 1 rings (SSSR count). The highest BCUT2D eigenvalue weighted by molar-refractivity contribution is 7.84. The fourth-order valence-corrected chi connectivity index (χ4v) is 1.82. The minimum absolute atomic E-state index is 0.159. The summed E-state index contributed by atoms with van der Waals surface area (Å²) in [4.78, 5) is 0. The van der Waals surface area contributed by atoms with Crippen molar-refractivity contribution >= 4 is 10.8 Å². The van der Waals surface area contributed by atoms with Crippen LogP contribution in [0.25, 0.3) is 0 Å². The summed E-state index contributed by atoms with van der Waals surface area (Å²) in [6.07, 6.45) is 3.46. The van der Waals surface area contributed by atoms with Crippen molar-refractivity contribution in [1.82, 2.24) is 5.32 Å². The quantitative estimate of drug-likeness (QED) is 0.733. The van der Waals surface area contributed by atoms with Crippen LogP contribution in [0.2, 0.25) is 0 Å². The summed E-state index contributed by atoms with van der Waals surface area (Å²) in [6.45, 7) is 7.57. The van der Waals surface area contributed by atoms with Crippen molar-refractivity contribution in [2.45, 2.75) is 18.7 Å². The third kappa shape index (κ3) is 5.02. The van der Waals surface area contributed by atoms with E-state index in [-0.39, 0.29) is 5.25 Å². The zero-order chi connectivity index (χ0) is 13.4. The van der Waals surface area contributed by atoms with Crippen molar-refractivity contribution in [3.8, 4) is 5.75 Å². The van der Waals surface area contributed by atoms with Gasteiger partial charge in [-0.05, 0) is 13.0 Å². The van der Waals surface area contributed by atoms with Gasteiger partial charge in [0.2, 0.25) is 0 Å². The van der Waals surface area contributed by atoms with Crippen LogP contribution in [0.4, 0.5) is 0 Å². The molecular weight excluding hydrogens is 246 g/mol. The molecule has 0 aliphatic carbocycles. The van der Waals surface area contributed by atoms with Gasteiger partial charge in [-0.15, -0.1) is 0 Å². The molecule has 18 heavy (non-hydrogen) atoms. The van der Waals surface area contributed by atoms with Gasteiger partial charge in [0, 0.05) is 41.0 Å². The molecule has 0 spiro atoms. The number of benzene rings is 1. The Hall–Kier alpha value is -1.13. The predicted octanol–water partition coefficient (Wildman–Crippen LogP) is 2.11. The van der Waals surface area contributed by atoms with E-state index in [0.29, 0.717) is 6.61 Å². The van der Waals surface area contributed by atoms with E-state index in [4.69, 9.17) is 4.74 Å². The summed E-state index contributed by atoms with van der Waals surface area (Å²) in [5.41, 5.74) is 1.11. The number of nitrogens with one attached hydrogen (secondary N) is 1. The van der Waals surface area contributed by atoms with Gasteiger partial charge in [-0.25, -0.2) is 0 Å². The highest BCUT2D eigenvalue weighted by Gasteiger charge is 2.06. The fourth-order valence-electron chi connectivity index (χ4n) is 1.47. The number of ether oxygens (including phenoxy) is 1. The van der Waals surface area contributed by atoms with Gasteiger partial charge in [0.25, 0.3) is 0 Å². The van der Waals surface area contributed by atoms with Crippen molar-refractivity contribution < 1.29 is 8.95 Å². The van der Waals surface area contributed by atoms with Crippen LogP contribution in [-0.2, 0) is 17.3 Å². The topological polar surface area (TPSA) is 38.3 Å². The van der Waals surface area contributed by atoms with E-state index >= 15 is 0 Å². The Kier molecular flexibility index (Phi) is 6.68. The lowest BCUT2D eigenvalue weighted by molar-refractivity contribution is 0.358. The smallest absolute Gasteiger partial charge is 0.124 e. The minimum Gasteiger partial charge on any atom is -0.489 e. The summed E-state index contributed by atoms with van der Waals surface area (Å²) >= 11 is 0. The van der Waals surface area contributed by atoms with E-state index in [1.807, 2.05) is 31.2 Å². The van der Waals surface area contributed by atoms with Gasteiger partial charge in [0.05, 0.1) is 0 Å². The molecule has 2 unspecified atom stereocenters. The maximum atomic E-state index is 11.2. The van der Waals surface area contributed by atoms with Crippen molar-refractivity contribution in [2.24, 2.45) is 0 Å². The first-order chi connectivity index (χ1) is 8.65. The molecule has 0 aromatic heterocycles. The molecule has 0 amide bonds. The first kappa shape index (κ1) is 14.9. The molecule has 0 heterocycles. The van der Waals surface area contributed by atoms with Gasteiger partial charge in [0.1, 0.15) is 12.4 Å². The molecule has 0 bridgehead atoms. The van der Waals surface area contributed by atoms with Crippen molar-refractivity contribution in [3.05, 3.63) is 42.5 Å². The first-order valence-corrected chi connectivity index (χ1v) is 7.61.